The Bertz CT molecular complexity index is 819. The van der Waals surface area contributed by atoms with Crippen LogP contribution in [0.1, 0.15) is 30.4 Å². The maximum atomic E-state index is 13.1. The number of halogens is 1. The van der Waals surface area contributed by atoms with E-state index in [9.17, 15) is 14.5 Å². The summed E-state index contributed by atoms with van der Waals surface area (Å²) in [5.74, 6) is 0.337. The molecule has 1 heterocycles. The Hall–Kier alpha value is -3.00. The zero-order valence-corrected chi connectivity index (χ0v) is 16.1. The molecule has 1 fully saturated rings. The van der Waals surface area contributed by atoms with Gasteiger partial charge in [0.25, 0.3) is 5.69 Å². The van der Waals surface area contributed by atoms with E-state index in [1.165, 1.54) is 24.3 Å². The summed E-state index contributed by atoms with van der Waals surface area (Å²) in [4.78, 5) is 14.9. The largest absolute Gasteiger partial charge is 0.376 e. The van der Waals surface area contributed by atoms with Crippen molar-refractivity contribution >= 4 is 11.6 Å². The number of nitro benzene ring substituents is 1. The Kier molecular flexibility index (Phi) is 7.52. The number of rotatable bonds is 7. The van der Waals surface area contributed by atoms with Crippen LogP contribution in [0.4, 0.5) is 10.1 Å². The van der Waals surface area contributed by atoms with Gasteiger partial charge in [-0.25, -0.2) is 9.38 Å². The third-order valence-electron chi connectivity index (χ3n) is 4.71. The zero-order valence-electron chi connectivity index (χ0n) is 16.1. The fourth-order valence-corrected chi connectivity index (χ4v) is 3.03. The molecule has 0 spiro atoms. The SMILES string of the molecule is O=[N+]([O-])c1ccc(CNC(=NCc2ccc(F)cc2)NCC2CCCCO2)cc1. The lowest BCUT2D eigenvalue weighted by Crippen LogP contribution is -2.42. The van der Waals surface area contributed by atoms with Gasteiger partial charge in [0.1, 0.15) is 5.82 Å². The normalized spacial score (nSPS) is 17.0. The topological polar surface area (TPSA) is 88.8 Å². The lowest BCUT2D eigenvalue weighted by Gasteiger charge is -2.24. The second-order valence-electron chi connectivity index (χ2n) is 6.94. The summed E-state index contributed by atoms with van der Waals surface area (Å²) < 4.78 is 18.8. The molecule has 0 aliphatic carbocycles. The average Bonchev–Trinajstić information content (AvgIpc) is 2.75. The van der Waals surface area contributed by atoms with Gasteiger partial charge < -0.3 is 15.4 Å². The van der Waals surface area contributed by atoms with E-state index >= 15 is 0 Å². The van der Waals surface area contributed by atoms with Crippen LogP contribution in [0, 0.1) is 15.9 Å². The summed E-state index contributed by atoms with van der Waals surface area (Å²) >= 11 is 0. The summed E-state index contributed by atoms with van der Waals surface area (Å²) in [5, 5.41) is 17.3. The second-order valence-corrected chi connectivity index (χ2v) is 6.94. The molecule has 2 aromatic carbocycles. The fraction of sp³-hybridized carbons (Fsp3) is 0.381. The van der Waals surface area contributed by atoms with Gasteiger partial charge in [0, 0.05) is 31.8 Å². The third kappa shape index (κ3) is 6.83. The highest BCUT2D eigenvalue weighted by molar-refractivity contribution is 5.79. The molecule has 8 heteroatoms. The standard InChI is InChI=1S/C21H25FN4O3/c22-18-8-4-16(5-9-18)13-23-21(25-15-20-3-1-2-12-29-20)24-14-17-6-10-19(11-7-17)26(27)28/h4-11,20H,1-3,12-15H2,(H2,23,24,25). The van der Waals surface area contributed by atoms with Crippen LogP contribution in [-0.2, 0) is 17.8 Å². The highest BCUT2D eigenvalue weighted by Crippen LogP contribution is 2.13. The van der Waals surface area contributed by atoms with Crippen molar-refractivity contribution in [2.45, 2.75) is 38.5 Å². The maximum Gasteiger partial charge on any atom is 0.269 e. The number of aliphatic imine (C=N–C) groups is 1. The minimum Gasteiger partial charge on any atom is -0.376 e. The van der Waals surface area contributed by atoms with Gasteiger partial charge in [0.2, 0.25) is 0 Å². The molecule has 29 heavy (non-hydrogen) atoms. The van der Waals surface area contributed by atoms with Gasteiger partial charge in [-0.3, -0.25) is 10.1 Å². The molecule has 1 aliphatic heterocycles. The molecule has 0 saturated carbocycles. The zero-order chi connectivity index (χ0) is 20.5. The van der Waals surface area contributed by atoms with Crippen LogP contribution in [0.3, 0.4) is 0 Å². The van der Waals surface area contributed by atoms with Crippen LogP contribution in [0.15, 0.2) is 53.5 Å². The molecule has 7 nitrogen and oxygen atoms in total. The summed E-state index contributed by atoms with van der Waals surface area (Å²) in [5.41, 5.74) is 1.86. The predicted molar refractivity (Wildman–Crippen MR) is 109 cm³/mol. The van der Waals surface area contributed by atoms with Crippen molar-refractivity contribution in [2.24, 2.45) is 4.99 Å². The van der Waals surface area contributed by atoms with Crippen molar-refractivity contribution in [1.82, 2.24) is 10.6 Å². The van der Waals surface area contributed by atoms with Gasteiger partial charge in [-0.15, -0.1) is 0 Å². The molecular formula is C21H25FN4O3. The number of benzene rings is 2. The number of ether oxygens (including phenoxy) is 1. The Balaban J connectivity index is 1.61. The van der Waals surface area contributed by atoms with E-state index in [1.807, 2.05) is 0 Å². The number of nitrogens with one attached hydrogen (secondary N) is 2. The highest BCUT2D eigenvalue weighted by Gasteiger charge is 2.14. The number of hydrogen-bond donors (Lipinski definition) is 2. The molecule has 2 aromatic rings. The number of non-ortho nitro benzene ring substituents is 1. The number of guanidine groups is 1. The van der Waals surface area contributed by atoms with Gasteiger partial charge in [0.15, 0.2) is 5.96 Å². The molecule has 0 radical (unpaired) electrons. The van der Waals surface area contributed by atoms with Crippen LogP contribution in [0.5, 0.6) is 0 Å². The van der Waals surface area contributed by atoms with E-state index in [0.717, 1.165) is 37.0 Å². The first-order chi connectivity index (χ1) is 14.1. The van der Waals surface area contributed by atoms with Crippen molar-refractivity contribution < 1.29 is 14.1 Å². The predicted octanol–water partition coefficient (Wildman–Crippen LogP) is 3.54. The lowest BCUT2D eigenvalue weighted by molar-refractivity contribution is -0.384. The van der Waals surface area contributed by atoms with E-state index in [4.69, 9.17) is 4.74 Å². The first-order valence-electron chi connectivity index (χ1n) is 9.72. The van der Waals surface area contributed by atoms with E-state index in [0.29, 0.717) is 25.6 Å². The summed E-state index contributed by atoms with van der Waals surface area (Å²) in [6, 6.07) is 12.6. The van der Waals surface area contributed by atoms with Crippen molar-refractivity contribution in [3.63, 3.8) is 0 Å². The molecule has 3 rings (SSSR count). The van der Waals surface area contributed by atoms with E-state index in [-0.39, 0.29) is 17.6 Å². The summed E-state index contributed by atoms with van der Waals surface area (Å²) in [6.07, 6.45) is 3.42. The number of nitro groups is 1. The molecule has 1 saturated heterocycles. The van der Waals surface area contributed by atoms with Crippen molar-refractivity contribution in [3.05, 3.63) is 75.6 Å². The quantitative estimate of drug-likeness (QED) is 0.321. The smallest absolute Gasteiger partial charge is 0.269 e. The van der Waals surface area contributed by atoms with E-state index < -0.39 is 4.92 Å². The van der Waals surface area contributed by atoms with Gasteiger partial charge in [-0.05, 0) is 42.5 Å². The molecule has 1 aliphatic rings. The van der Waals surface area contributed by atoms with Crippen molar-refractivity contribution in [1.29, 1.82) is 0 Å². The van der Waals surface area contributed by atoms with Crippen LogP contribution < -0.4 is 10.6 Å². The molecule has 154 valence electrons. The van der Waals surface area contributed by atoms with Crippen LogP contribution in [0.25, 0.3) is 0 Å². The van der Waals surface area contributed by atoms with Crippen molar-refractivity contribution in [2.75, 3.05) is 13.2 Å². The van der Waals surface area contributed by atoms with Crippen LogP contribution >= 0.6 is 0 Å². The first kappa shape index (κ1) is 20.7. The molecule has 2 N–H and O–H groups in total. The summed E-state index contributed by atoms with van der Waals surface area (Å²) in [6.45, 7) is 2.31. The Morgan fingerprint density at radius 3 is 2.48 bits per heavy atom. The monoisotopic (exact) mass is 400 g/mol. The Labute approximate surface area is 169 Å². The third-order valence-corrected chi connectivity index (χ3v) is 4.71. The molecular weight excluding hydrogens is 375 g/mol. The minimum atomic E-state index is -0.418. The molecule has 0 amide bonds. The maximum absolute atomic E-state index is 13.1. The van der Waals surface area contributed by atoms with Crippen molar-refractivity contribution in [3.8, 4) is 0 Å². The lowest BCUT2D eigenvalue weighted by atomic mass is 10.1. The van der Waals surface area contributed by atoms with E-state index in [2.05, 4.69) is 15.6 Å². The summed E-state index contributed by atoms with van der Waals surface area (Å²) in [7, 11) is 0. The second kappa shape index (κ2) is 10.5. The number of hydrogen-bond acceptors (Lipinski definition) is 4. The highest BCUT2D eigenvalue weighted by atomic mass is 19.1. The Morgan fingerprint density at radius 2 is 1.83 bits per heavy atom. The molecule has 0 aromatic heterocycles. The fourth-order valence-electron chi connectivity index (χ4n) is 3.03. The van der Waals surface area contributed by atoms with Crippen LogP contribution in [0.2, 0.25) is 0 Å². The van der Waals surface area contributed by atoms with Gasteiger partial charge in [0.05, 0.1) is 17.6 Å². The first-order valence-corrected chi connectivity index (χ1v) is 9.72. The molecule has 1 atom stereocenters. The van der Waals surface area contributed by atoms with Gasteiger partial charge in [-0.2, -0.15) is 0 Å². The van der Waals surface area contributed by atoms with Crippen LogP contribution in [-0.4, -0.2) is 30.1 Å². The molecule has 0 bridgehead atoms. The Morgan fingerprint density at radius 1 is 1.10 bits per heavy atom. The number of nitrogens with zero attached hydrogens (tertiary/aromatic N) is 2. The molecule has 1 unspecified atom stereocenters. The minimum absolute atomic E-state index is 0.0616. The van der Waals surface area contributed by atoms with Gasteiger partial charge in [-0.1, -0.05) is 24.3 Å². The van der Waals surface area contributed by atoms with Gasteiger partial charge >= 0.3 is 0 Å². The average molecular weight is 400 g/mol. The van der Waals surface area contributed by atoms with E-state index in [1.54, 1.807) is 24.3 Å².